The summed E-state index contributed by atoms with van der Waals surface area (Å²) in [5, 5.41) is 9.13. The largest absolute Gasteiger partial charge is 0.496 e. The summed E-state index contributed by atoms with van der Waals surface area (Å²) in [5.74, 6) is 0.837. The van der Waals surface area contributed by atoms with Gasteiger partial charge in [0.25, 0.3) is 0 Å². The number of likely N-dealkylation sites (tertiary alicyclic amines) is 1. The van der Waals surface area contributed by atoms with Crippen molar-refractivity contribution in [3.8, 4) is 17.0 Å². The number of carbonyl (C=O) groups excluding carboxylic acids is 1. The highest BCUT2D eigenvalue weighted by Crippen LogP contribution is 2.30. The van der Waals surface area contributed by atoms with Gasteiger partial charge in [-0.3, -0.25) is 0 Å². The van der Waals surface area contributed by atoms with Gasteiger partial charge in [-0.05, 0) is 45.0 Å². The lowest BCUT2D eigenvalue weighted by Crippen LogP contribution is -2.50. The van der Waals surface area contributed by atoms with Crippen LogP contribution in [0.3, 0.4) is 0 Å². The van der Waals surface area contributed by atoms with Crippen molar-refractivity contribution in [2.24, 2.45) is 0 Å². The number of methoxy groups -OCH3 is 1. The number of allylic oxidation sites excluding steroid dienone is 2. The molecule has 0 saturated carbocycles. The van der Waals surface area contributed by atoms with E-state index in [1.54, 1.807) is 24.1 Å². The molecule has 0 spiro atoms. The van der Waals surface area contributed by atoms with Crippen molar-refractivity contribution in [2.75, 3.05) is 20.2 Å². The van der Waals surface area contributed by atoms with Crippen LogP contribution in [0.4, 0.5) is 4.79 Å². The van der Waals surface area contributed by atoms with Crippen LogP contribution in [0.1, 0.15) is 67.5 Å². The van der Waals surface area contributed by atoms with E-state index < -0.39 is 5.60 Å². The summed E-state index contributed by atoms with van der Waals surface area (Å²) in [6, 6.07) is 9.28. The predicted octanol–water partition coefficient (Wildman–Crippen LogP) is 6.89. The normalized spacial score (nSPS) is 11.9. The number of halogens is 1. The van der Waals surface area contributed by atoms with Crippen molar-refractivity contribution in [1.82, 2.24) is 15.1 Å². The molecule has 1 fully saturated rings. The van der Waals surface area contributed by atoms with Gasteiger partial charge < -0.3 is 14.4 Å². The third-order valence-corrected chi connectivity index (χ3v) is 4.51. The third-order valence-electron chi connectivity index (χ3n) is 4.36. The Hall–Kier alpha value is -2.80. The van der Waals surface area contributed by atoms with E-state index in [1.807, 2.05) is 66.7 Å². The van der Waals surface area contributed by atoms with Crippen LogP contribution in [-0.4, -0.2) is 54.8 Å². The van der Waals surface area contributed by atoms with Gasteiger partial charge in [0, 0.05) is 29.6 Å². The first-order valence-electron chi connectivity index (χ1n) is 11.8. The molecule has 1 aliphatic heterocycles. The summed E-state index contributed by atoms with van der Waals surface area (Å²) in [6.45, 7) is 21.4. The smallest absolute Gasteiger partial charge is 0.410 e. The Morgan fingerprint density at radius 2 is 1.69 bits per heavy atom. The zero-order valence-corrected chi connectivity index (χ0v) is 23.1. The Labute approximate surface area is 225 Å². The molecule has 1 aliphatic rings. The molecule has 1 aromatic carbocycles. The molecule has 1 aromatic heterocycles. The number of hydrogen-bond donors (Lipinski definition) is 0. The number of benzene rings is 1. The molecule has 0 bridgehead atoms. The maximum absolute atomic E-state index is 12.0. The molecule has 2 radical (unpaired) electrons. The zero-order valence-electron chi connectivity index (χ0n) is 22.4. The van der Waals surface area contributed by atoms with Gasteiger partial charge in [-0.1, -0.05) is 77.5 Å². The Morgan fingerprint density at radius 3 is 2.11 bits per heavy atom. The average Bonchev–Trinajstić information content (AvgIpc) is 2.80. The quantitative estimate of drug-likeness (QED) is 0.327. The van der Waals surface area contributed by atoms with E-state index >= 15 is 0 Å². The molecule has 0 unspecified atom stereocenters. The van der Waals surface area contributed by atoms with E-state index in [1.165, 1.54) is 6.08 Å². The molecule has 2 aromatic rings. The number of ether oxygens (including phenoxy) is 2. The van der Waals surface area contributed by atoms with E-state index in [9.17, 15) is 4.79 Å². The van der Waals surface area contributed by atoms with E-state index in [0.717, 1.165) is 11.3 Å². The van der Waals surface area contributed by atoms with E-state index in [0.29, 0.717) is 35.0 Å². The van der Waals surface area contributed by atoms with Crippen molar-refractivity contribution < 1.29 is 14.3 Å². The molecule has 1 amide bonds. The fourth-order valence-electron chi connectivity index (χ4n) is 2.76. The number of aromatic nitrogens is 2. The Kier molecular flexibility index (Phi) is 17.3. The standard InChI is InChI=1S/C19H22BN3O3.C4H5Cl.2C2H6.CH4/c1-19(2,3)26-18(24)23-10-12(11-23)15-7-8-16(22-21-15)14-6-5-13(20)9-17(14)25-4;1-3-4(2)5;2*1-2;/h5-9,12H,10-11H2,1-4H3;3H,1-2H2;2*1-2H3;1H4. The van der Waals surface area contributed by atoms with Crippen LogP contribution in [-0.2, 0) is 4.74 Å². The number of rotatable bonds is 4. The molecule has 0 N–H and O–H groups in total. The maximum atomic E-state index is 12.0. The number of nitrogens with zero attached hydrogens (tertiary/aromatic N) is 3. The van der Waals surface area contributed by atoms with Crippen LogP contribution in [0.25, 0.3) is 11.3 Å². The van der Waals surface area contributed by atoms with Crippen LogP contribution >= 0.6 is 11.6 Å². The second-order valence-corrected chi connectivity index (χ2v) is 8.52. The minimum absolute atomic E-state index is 0. The van der Waals surface area contributed by atoms with E-state index in [4.69, 9.17) is 28.9 Å². The molecule has 198 valence electrons. The number of hydrogen-bond acceptors (Lipinski definition) is 5. The van der Waals surface area contributed by atoms with Crippen molar-refractivity contribution in [2.45, 2.75) is 67.4 Å². The third kappa shape index (κ3) is 11.8. The van der Waals surface area contributed by atoms with Gasteiger partial charge in [-0.15, -0.1) is 0 Å². The Balaban J connectivity index is 0. The Morgan fingerprint density at radius 1 is 1.14 bits per heavy atom. The van der Waals surface area contributed by atoms with Gasteiger partial charge in [-0.2, -0.15) is 10.2 Å². The average molecular weight is 516 g/mol. The predicted molar refractivity (Wildman–Crippen MR) is 155 cm³/mol. The lowest BCUT2D eigenvalue weighted by molar-refractivity contribution is 0.00780. The summed E-state index contributed by atoms with van der Waals surface area (Å²) < 4.78 is 10.7. The van der Waals surface area contributed by atoms with Crippen molar-refractivity contribution in [1.29, 1.82) is 0 Å². The summed E-state index contributed by atoms with van der Waals surface area (Å²) >= 11 is 5.15. The molecule has 6 nitrogen and oxygen atoms in total. The minimum atomic E-state index is -0.484. The monoisotopic (exact) mass is 515 g/mol. The minimum Gasteiger partial charge on any atom is -0.496 e. The lowest BCUT2D eigenvalue weighted by Gasteiger charge is -2.39. The Bertz CT molecular complexity index is 938. The second kappa shape index (κ2) is 17.6. The van der Waals surface area contributed by atoms with Gasteiger partial charge in [0.05, 0.1) is 18.5 Å². The maximum Gasteiger partial charge on any atom is 0.410 e. The molecule has 2 heterocycles. The highest BCUT2D eigenvalue weighted by Gasteiger charge is 2.35. The highest BCUT2D eigenvalue weighted by molar-refractivity contribution is 6.32. The fourth-order valence-corrected chi connectivity index (χ4v) is 2.76. The summed E-state index contributed by atoms with van der Waals surface area (Å²) in [7, 11) is 7.38. The molecule has 0 aliphatic carbocycles. The van der Waals surface area contributed by atoms with Crippen LogP contribution in [0.2, 0.25) is 0 Å². The van der Waals surface area contributed by atoms with Gasteiger partial charge in [0.1, 0.15) is 19.2 Å². The zero-order chi connectivity index (χ0) is 27.2. The lowest BCUT2D eigenvalue weighted by atomic mass is 9.93. The molecule has 36 heavy (non-hydrogen) atoms. The summed E-state index contributed by atoms with van der Waals surface area (Å²) in [6.07, 6.45) is 1.20. The van der Waals surface area contributed by atoms with Gasteiger partial charge in [0.2, 0.25) is 0 Å². The molecule has 8 heteroatoms. The van der Waals surface area contributed by atoms with Crippen molar-refractivity contribution in [3.05, 3.63) is 60.3 Å². The fraction of sp³-hybridized carbons (Fsp3) is 0.464. The summed E-state index contributed by atoms with van der Waals surface area (Å²) in [5.41, 5.74) is 2.57. The van der Waals surface area contributed by atoms with Crippen LogP contribution < -0.4 is 10.2 Å². The van der Waals surface area contributed by atoms with E-state index in [-0.39, 0.29) is 19.4 Å². The van der Waals surface area contributed by atoms with Gasteiger partial charge >= 0.3 is 6.09 Å². The molecule has 1 saturated heterocycles. The highest BCUT2D eigenvalue weighted by atomic mass is 35.5. The van der Waals surface area contributed by atoms with Crippen LogP contribution in [0.15, 0.2) is 54.6 Å². The van der Waals surface area contributed by atoms with Gasteiger partial charge in [0.15, 0.2) is 0 Å². The summed E-state index contributed by atoms with van der Waals surface area (Å²) in [4.78, 5) is 13.7. The first-order chi connectivity index (χ1) is 16.5. The molecular weight excluding hydrogens is 473 g/mol. The molecule has 3 rings (SSSR count). The topological polar surface area (TPSA) is 64.6 Å². The first-order valence-corrected chi connectivity index (χ1v) is 12.1. The number of amides is 1. The van der Waals surface area contributed by atoms with E-state index in [2.05, 4.69) is 23.4 Å². The van der Waals surface area contributed by atoms with Gasteiger partial charge in [-0.25, -0.2) is 4.79 Å². The molecule has 0 atom stereocenters. The first kappa shape index (κ1) is 35.4. The van der Waals surface area contributed by atoms with Crippen LogP contribution in [0.5, 0.6) is 5.75 Å². The molecular formula is C28H43BClN3O3. The SMILES string of the molecule is C.C=CC(=C)Cl.CC.CC.[B]c1ccc(-c2ccc(C3CN(C(=O)OC(C)(C)C)C3)nn2)c(OC)c1. The number of carbonyl (C=O) groups is 1. The second-order valence-electron chi connectivity index (χ2n) is 8.04. The van der Waals surface area contributed by atoms with Crippen molar-refractivity contribution >= 4 is 31.0 Å². The van der Waals surface area contributed by atoms with Crippen LogP contribution in [0, 0.1) is 0 Å². The van der Waals surface area contributed by atoms with Crippen molar-refractivity contribution in [3.63, 3.8) is 0 Å².